The van der Waals surface area contributed by atoms with Gasteiger partial charge in [0.2, 0.25) is 0 Å². The second-order valence-electron chi connectivity index (χ2n) is 4.04. The molecule has 1 saturated heterocycles. The van der Waals surface area contributed by atoms with Gasteiger partial charge < -0.3 is 9.47 Å². The zero-order valence-corrected chi connectivity index (χ0v) is 9.19. The summed E-state index contributed by atoms with van der Waals surface area (Å²) in [4.78, 5) is 0. The summed E-state index contributed by atoms with van der Waals surface area (Å²) in [5, 5.41) is 0. The zero-order chi connectivity index (χ0) is 10.5. The monoisotopic (exact) mass is 206 g/mol. The minimum atomic E-state index is 0.431. The first-order valence-electron chi connectivity index (χ1n) is 5.63. The van der Waals surface area contributed by atoms with E-state index in [0.717, 1.165) is 19.6 Å². The molecule has 82 valence electrons. The van der Waals surface area contributed by atoms with Crippen molar-refractivity contribution < 1.29 is 9.47 Å². The van der Waals surface area contributed by atoms with Crippen LogP contribution in [0.5, 0.6) is 0 Å². The van der Waals surface area contributed by atoms with Crippen molar-refractivity contribution in [1.29, 1.82) is 0 Å². The summed E-state index contributed by atoms with van der Waals surface area (Å²) in [5.41, 5.74) is 1.24. The second-order valence-corrected chi connectivity index (χ2v) is 4.04. The third-order valence-electron chi connectivity index (χ3n) is 2.90. The number of benzene rings is 1. The van der Waals surface area contributed by atoms with E-state index in [1.54, 1.807) is 0 Å². The summed E-state index contributed by atoms with van der Waals surface area (Å²) < 4.78 is 11.1. The van der Waals surface area contributed by atoms with Crippen LogP contribution in [0.15, 0.2) is 30.3 Å². The molecule has 1 aromatic carbocycles. The number of hydrogen-bond acceptors (Lipinski definition) is 2. The minimum absolute atomic E-state index is 0.431. The Labute approximate surface area is 91.2 Å². The van der Waals surface area contributed by atoms with Crippen LogP contribution in [0.2, 0.25) is 0 Å². The molecule has 15 heavy (non-hydrogen) atoms. The van der Waals surface area contributed by atoms with Gasteiger partial charge in [0.15, 0.2) is 0 Å². The maximum atomic E-state index is 5.68. The van der Waals surface area contributed by atoms with Crippen molar-refractivity contribution in [2.24, 2.45) is 5.92 Å². The highest BCUT2D eigenvalue weighted by atomic mass is 16.5. The molecule has 2 atom stereocenters. The third-order valence-corrected chi connectivity index (χ3v) is 2.90. The summed E-state index contributed by atoms with van der Waals surface area (Å²) >= 11 is 0. The van der Waals surface area contributed by atoms with Gasteiger partial charge in [-0.3, -0.25) is 0 Å². The van der Waals surface area contributed by atoms with Crippen LogP contribution in [0.4, 0.5) is 0 Å². The van der Waals surface area contributed by atoms with Gasteiger partial charge in [-0.2, -0.15) is 0 Å². The van der Waals surface area contributed by atoms with E-state index in [4.69, 9.17) is 9.47 Å². The van der Waals surface area contributed by atoms with Crippen molar-refractivity contribution in [3.05, 3.63) is 35.9 Å². The molecule has 1 fully saturated rings. The second kappa shape index (κ2) is 5.29. The van der Waals surface area contributed by atoms with E-state index < -0.39 is 0 Å². The molecule has 2 unspecified atom stereocenters. The Bertz CT molecular complexity index is 282. The highest BCUT2D eigenvalue weighted by Crippen LogP contribution is 2.23. The molecular weight excluding hydrogens is 188 g/mol. The molecule has 0 aromatic heterocycles. The lowest BCUT2D eigenvalue weighted by atomic mass is 9.97. The van der Waals surface area contributed by atoms with Crippen molar-refractivity contribution >= 4 is 0 Å². The summed E-state index contributed by atoms with van der Waals surface area (Å²) in [7, 11) is 0. The summed E-state index contributed by atoms with van der Waals surface area (Å²) in [5.74, 6) is 0.610. The van der Waals surface area contributed by atoms with Crippen molar-refractivity contribution in [3.63, 3.8) is 0 Å². The van der Waals surface area contributed by atoms with Gasteiger partial charge in [-0.25, -0.2) is 0 Å². The van der Waals surface area contributed by atoms with Gasteiger partial charge in [-0.15, -0.1) is 0 Å². The molecule has 0 radical (unpaired) electrons. The molecule has 2 nitrogen and oxygen atoms in total. The predicted molar refractivity (Wildman–Crippen MR) is 59.6 cm³/mol. The molecule has 0 saturated carbocycles. The topological polar surface area (TPSA) is 18.5 Å². The lowest BCUT2D eigenvalue weighted by Crippen LogP contribution is -2.41. The fourth-order valence-corrected chi connectivity index (χ4v) is 1.88. The minimum Gasteiger partial charge on any atom is -0.377 e. The van der Waals surface area contributed by atoms with E-state index in [1.165, 1.54) is 5.56 Å². The molecule has 2 heteroatoms. The molecule has 1 heterocycles. The number of ether oxygens (including phenoxy) is 2. The largest absolute Gasteiger partial charge is 0.377 e. The number of rotatable bonds is 5. The van der Waals surface area contributed by atoms with Gasteiger partial charge >= 0.3 is 0 Å². The molecular formula is C13H18O2. The molecule has 0 amide bonds. The standard InChI is InChI=1S/C13H18O2/c1-2-13-12(10-15-13)9-14-8-11-6-4-3-5-7-11/h3-7,12-13H,2,8-10H2,1H3. The average Bonchev–Trinajstić information content (AvgIpc) is 2.25. The average molecular weight is 206 g/mol. The summed E-state index contributed by atoms with van der Waals surface area (Å²) in [6, 6.07) is 10.3. The van der Waals surface area contributed by atoms with Gasteiger partial charge in [0, 0.05) is 5.92 Å². The Balaban J connectivity index is 1.67. The molecule has 0 bridgehead atoms. The van der Waals surface area contributed by atoms with Crippen LogP contribution in [-0.2, 0) is 16.1 Å². The smallest absolute Gasteiger partial charge is 0.0717 e. The first-order chi connectivity index (χ1) is 7.40. The Hall–Kier alpha value is -0.860. The molecule has 1 aromatic rings. The molecule has 0 spiro atoms. The van der Waals surface area contributed by atoms with E-state index in [9.17, 15) is 0 Å². The van der Waals surface area contributed by atoms with Crippen LogP contribution < -0.4 is 0 Å². The maximum Gasteiger partial charge on any atom is 0.0717 e. The van der Waals surface area contributed by atoms with E-state index >= 15 is 0 Å². The SMILES string of the molecule is CCC1OCC1COCc1ccccc1. The summed E-state index contributed by atoms with van der Waals surface area (Å²) in [6.45, 7) is 4.57. The predicted octanol–water partition coefficient (Wildman–Crippen LogP) is 2.63. The lowest BCUT2D eigenvalue weighted by Gasteiger charge is -2.35. The van der Waals surface area contributed by atoms with Crippen molar-refractivity contribution in [1.82, 2.24) is 0 Å². The van der Waals surface area contributed by atoms with Crippen LogP contribution in [0, 0.1) is 5.92 Å². The van der Waals surface area contributed by atoms with Crippen molar-refractivity contribution in [3.8, 4) is 0 Å². The Morgan fingerprint density at radius 1 is 1.33 bits per heavy atom. The third kappa shape index (κ3) is 2.80. The Morgan fingerprint density at radius 2 is 2.13 bits per heavy atom. The van der Waals surface area contributed by atoms with Gasteiger partial charge in [0.1, 0.15) is 0 Å². The first-order valence-corrected chi connectivity index (χ1v) is 5.63. The van der Waals surface area contributed by atoms with Crippen molar-refractivity contribution in [2.45, 2.75) is 26.1 Å². The Kier molecular flexibility index (Phi) is 3.75. The summed E-state index contributed by atoms with van der Waals surface area (Å²) in [6.07, 6.45) is 1.53. The van der Waals surface area contributed by atoms with Crippen LogP contribution >= 0.6 is 0 Å². The fourth-order valence-electron chi connectivity index (χ4n) is 1.88. The lowest BCUT2D eigenvalue weighted by molar-refractivity contribution is -0.142. The van der Waals surface area contributed by atoms with E-state index in [1.807, 2.05) is 18.2 Å². The quantitative estimate of drug-likeness (QED) is 0.737. The number of hydrogen-bond donors (Lipinski definition) is 0. The van der Waals surface area contributed by atoms with Crippen LogP contribution in [-0.4, -0.2) is 19.3 Å². The highest BCUT2D eigenvalue weighted by Gasteiger charge is 2.30. The van der Waals surface area contributed by atoms with E-state index in [-0.39, 0.29) is 0 Å². The van der Waals surface area contributed by atoms with Crippen LogP contribution in [0.1, 0.15) is 18.9 Å². The first kappa shape index (κ1) is 10.7. The molecule has 0 aliphatic carbocycles. The van der Waals surface area contributed by atoms with Gasteiger partial charge in [0.05, 0.1) is 25.9 Å². The van der Waals surface area contributed by atoms with E-state index in [0.29, 0.717) is 18.6 Å². The maximum absolute atomic E-state index is 5.68. The van der Waals surface area contributed by atoms with Gasteiger partial charge in [0.25, 0.3) is 0 Å². The van der Waals surface area contributed by atoms with Crippen molar-refractivity contribution in [2.75, 3.05) is 13.2 Å². The Morgan fingerprint density at radius 3 is 2.73 bits per heavy atom. The molecule has 0 N–H and O–H groups in total. The molecule has 1 aliphatic rings. The van der Waals surface area contributed by atoms with Gasteiger partial charge in [-0.05, 0) is 12.0 Å². The van der Waals surface area contributed by atoms with Crippen LogP contribution in [0.3, 0.4) is 0 Å². The van der Waals surface area contributed by atoms with Crippen LogP contribution in [0.25, 0.3) is 0 Å². The normalized spacial score (nSPS) is 24.9. The zero-order valence-electron chi connectivity index (χ0n) is 9.19. The highest BCUT2D eigenvalue weighted by molar-refractivity contribution is 5.13. The fraction of sp³-hybridized carbons (Fsp3) is 0.538. The van der Waals surface area contributed by atoms with E-state index in [2.05, 4.69) is 19.1 Å². The van der Waals surface area contributed by atoms with Gasteiger partial charge in [-0.1, -0.05) is 37.3 Å². The molecule has 1 aliphatic heterocycles. The molecule has 2 rings (SSSR count).